The molecule has 0 spiro atoms. The fourth-order valence-corrected chi connectivity index (χ4v) is 3.82. The molecule has 3 heterocycles. The molecule has 1 N–H and O–H groups in total. The first-order chi connectivity index (χ1) is 13.1. The maximum atomic E-state index is 12.6. The Bertz CT molecular complexity index is 919. The first-order valence-electron chi connectivity index (χ1n) is 9.27. The summed E-state index contributed by atoms with van der Waals surface area (Å²) in [4.78, 5) is 43.7. The van der Waals surface area contributed by atoms with Crippen LogP contribution in [0.2, 0.25) is 0 Å². The van der Waals surface area contributed by atoms with Crippen molar-refractivity contribution in [1.82, 2.24) is 19.6 Å². The van der Waals surface area contributed by atoms with Gasteiger partial charge in [0.25, 0.3) is 11.5 Å². The van der Waals surface area contributed by atoms with Gasteiger partial charge in [-0.3, -0.25) is 18.8 Å². The SMILES string of the molecule is O=C(N[C@H]1CC[C@@H](C(=O)N2CCOCC2)C1)c1cnc2ccccn2c1=O. The molecule has 2 fully saturated rings. The fourth-order valence-electron chi connectivity index (χ4n) is 3.82. The van der Waals surface area contributed by atoms with Crippen LogP contribution in [0.15, 0.2) is 35.4 Å². The molecule has 1 saturated heterocycles. The van der Waals surface area contributed by atoms with Crippen molar-refractivity contribution in [2.45, 2.75) is 25.3 Å². The maximum absolute atomic E-state index is 12.6. The largest absolute Gasteiger partial charge is 0.378 e. The number of morpholine rings is 1. The second-order valence-corrected chi connectivity index (χ2v) is 7.02. The molecule has 2 aromatic heterocycles. The topological polar surface area (TPSA) is 93.0 Å². The van der Waals surface area contributed by atoms with Crippen LogP contribution in [0.25, 0.3) is 5.65 Å². The molecule has 8 nitrogen and oxygen atoms in total. The summed E-state index contributed by atoms with van der Waals surface area (Å²) in [6.07, 6.45) is 4.99. The second kappa shape index (κ2) is 7.48. The Hall–Kier alpha value is -2.74. The number of hydrogen-bond acceptors (Lipinski definition) is 5. The molecule has 8 heteroatoms. The van der Waals surface area contributed by atoms with Crippen LogP contribution in [-0.2, 0) is 9.53 Å². The quantitative estimate of drug-likeness (QED) is 0.847. The highest BCUT2D eigenvalue weighted by Gasteiger charge is 2.34. The van der Waals surface area contributed by atoms with Crippen molar-refractivity contribution < 1.29 is 14.3 Å². The number of amides is 2. The van der Waals surface area contributed by atoms with Crippen LogP contribution in [0, 0.1) is 5.92 Å². The second-order valence-electron chi connectivity index (χ2n) is 7.02. The van der Waals surface area contributed by atoms with Crippen molar-refractivity contribution in [3.63, 3.8) is 0 Å². The number of ether oxygens (including phenoxy) is 1. The summed E-state index contributed by atoms with van der Waals surface area (Å²) in [5, 5.41) is 2.90. The maximum Gasteiger partial charge on any atom is 0.270 e. The van der Waals surface area contributed by atoms with Crippen molar-refractivity contribution in [2.24, 2.45) is 5.92 Å². The van der Waals surface area contributed by atoms with Crippen molar-refractivity contribution in [1.29, 1.82) is 0 Å². The molecule has 0 bridgehead atoms. The smallest absolute Gasteiger partial charge is 0.270 e. The number of hydrogen-bond donors (Lipinski definition) is 1. The van der Waals surface area contributed by atoms with Crippen LogP contribution in [0.3, 0.4) is 0 Å². The van der Waals surface area contributed by atoms with E-state index >= 15 is 0 Å². The number of carbonyl (C=O) groups is 2. The van der Waals surface area contributed by atoms with Gasteiger partial charge >= 0.3 is 0 Å². The normalized spacial score (nSPS) is 22.7. The Labute approximate surface area is 156 Å². The van der Waals surface area contributed by atoms with Gasteiger partial charge in [-0.25, -0.2) is 4.98 Å². The molecule has 2 amide bonds. The van der Waals surface area contributed by atoms with Crippen LogP contribution in [0.4, 0.5) is 0 Å². The van der Waals surface area contributed by atoms with E-state index in [9.17, 15) is 14.4 Å². The Morgan fingerprint density at radius 2 is 2.00 bits per heavy atom. The monoisotopic (exact) mass is 370 g/mol. The van der Waals surface area contributed by atoms with E-state index in [-0.39, 0.29) is 23.4 Å². The summed E-state index contributed by atoms with van der Waals surface area (Å²) in [6.45, 7) is 2.42. The van der Waals surface area contributed by atoms with Gasteiger partial charge in [0.2, 0.25) is 5.91 Å². The summed E-state index contributed by atoms with van der Waals surface area (Å²) in [5.74, 6) is -0.373. The number of nitrogens with one attached hydrogen (secondary N) is 1. The van der Waals surface area contributed by atoms with E-state index in [0.717, 1.165) is 12.8 Å². The lowest BCUT2D eigenvalue weighted by atomic mass is 10.1. The predicted molar refractivity (Wildman–Crippen MR) is 97.5 cm³/mol. The van der Waals surface area contributed by atoms with E-state index in [1.807, 2.05) is 4.90 Å². The number of rotatable bonds is 3. The zero-order valence-corrected chi connectivity index (χ0v) is 15.0. The van der Waals surface area contributed by atoms with Gasteiger partial charge in [-0.15, -0.1) is 0 Å². The van der Waals surface area contributed by atoms with Gasteiger partial charge in [0.1, 0.15) is 11.2 Å². The van der Waals surface area contributed by atoms with E-state index in [4.69, 9.17) is 4.74 Å². The summed E-state index contributed by atoms with van der Waals surface area (Å²) in [5.41, 5.74) is 0.120. The lowest BCUT2D eigenvalue weighted by Crippen LogP contribution is -2.44. The van der Waals surface area contributed by atoms with Crippen molar-refractivity contribution in [2.75, 3.05) is 26.3 Å². The Balaban J connectivity index is 1.41. The summed E-state index contributed by atoms with van der Waals surface area (Å²) in [7, 11) is 0. The van der Waals surface area contributed by atoms with E-state index in [1.54, 1.807) is 24.4 Å². The third kappa shape index (κ3) is 3.57. The van der Waals surface area contributed by atoms with Crippen LogP contribution in [-0.4, -0.2) is 58.4 Å². The third-order valence-electron chi connectivity index (χ3n) is 5.30. The van der Waals surface area contributed by atoms with Gasteiger partial charge in [-0.2, -0.15) is 0 Å². The van der Waals surface area contributed by atoms with Crippen LogP contribution < -0.4 is 10.9 Å². The zero-order chi connectivity index (χ0) is 18.8. The number of nitrogens with zero attached hydrogens (tertiary/aromatic N) is 3. The molecule has 27 heavy (non-hydrogen) atoms. The van der Waals surface area contributed by atoms with Gasteiger partial charge in [0.15, 0.2) is 0 Å². The molecular formula is C19H22N4O4. The molecule has 1 aliphatic heterocycles. The summed E-state index contributed by atoms with van der Waals surface area (Å²) in [6, 6.07) is 5.10. The predicted octanol–water partition coefficient (Wildman–Crippen LogP) is 0.452. The molecule has 142 valence electrons. The summed E-state index contributed by atoms with van der Waals surface area (Å²) >= 11 is 0. The van der Waals surface area contributed by atoms with Crippen LogP contribution >= 0.6 is 0 Å². The molecule has 0 radical (unpaired) electrons. The lowest BCUT2D eigenvalue weighted by Gasteiger charge is -2.29. The Morgan fingerprint density at radius 3 is 2.81 bits per heavy atom. The highest BCUT2D eigenvalue weighted by molar-refractivity contribution is 5.94. The molecule has 0 aromatic carbocycles. The first kappa shape index (κ1) is 17.7. The minimum Gasteiger partial charge on any atom is -0.378 e. The van der Waals surface area contributed by atoms with E-state index in [0.29, 0.717) is 38.4 Å². The van der Waals surface area contributed by atoms with Gasteiger partial charge in [0.05, 0.1) is 13.2 Å². The average Bonchev–Trinajstić information content (AvgIpc) is 3.17. The van der Waals surface area contributed by atoms with Crippen molar-refractivity contribution in [3.8, 4) is 0 Å². The van der Waals surface area contributed by atoms with E-state index in [2.05, 4.69) is 10.3 Å². The molecule has 4 rings (SSSR count). The number of pyridine rings is 1. The standard InChI is InChI=1S/C19H22N4O4/c24-17(15-12-20-16-3-1-2-6-23(16)19(15)26)21-14-5-4-13(11-14)18(25)22-7-9-27-10-8-22/h1-3,6,12-14H,4-5,7-11H2,(H,21,24)/t13-,14+/m1/s1. The van der Waals surface area contributed by atoms with Gasteiger partial charge in [0, 0.05) is 37.4 Å². The fraction of sp³-hybridized carbons (Fsp3) is 0.474. The first-order valence-corrected chi connectivity index (χ1v) is 9.27. The van der Waals surface area contributed by atoms with Crippen LogP contribution in [0.1, 0.15) is 29.6 Å². The third-order valence-corrected chi connectivity index (χ3v) is 5.30. The van der Waals surface area contributed by atoms with Gasteiger partial charge in [-0.05, 0) is 31.4 Å². The lowest BCUT2D eigenvalue weighted by molar-refractivity contribution is -0.139. The number of aromatic nitrogens is 2. The molecular weight excluding hydrogens is 348 g/mol. The van der Waals surface area contributed by atoms with Gasteiger partial charge in [-0.1, -0.05) is 6.07 Å². The van der Waals surface area contributed by atoms with Crippen molar-refractivity contribution in [3.05, 3.63) is 46.5 Å². The van der Waals surface area contributed by atoms with Crippen molar-refractivity contribution >= 4 is 17.5 Å². The molecule has 2 atom stereocenters. The number of fused-ring (bicyclic) bond motifs is 1. The number of carbonyl (C=O) groups excluding carboxylic acids is 2. The molecule has 2 aliphatic rings. The molecule has 0 unspecified atom stereocenters. The highest BCUT2D eigenvalue weighted by atomic mass is 16.5. The molecule has 2 aromatic rings. The minimum absolute atomic E-state index is 0.0154. The zero-order valence-electron chi connectivity index (χ0n) is 15.0. The molecule has 1 saturated carbocycles. The van der Waals surface area contributed by atoms with E-state index < -0.39 is 11.5 Å². The Kier molecular flexibility index (Phi) is 4.89. The highest BCUT2D eigenvalue weighted by Crippen LogP contribution is 2.27. The molecule has 1 aliphatic carbocycles. The minimum atomic E-state index is -0.435. The van der Waals surface area contributed by atoms with Crippen LogP contribution in [0.5, 0.6) is 0 Å². The summed E-state index contributed by atoms with van der Waals surface area (Å²) < 4.78 is 6.64. The van der Waals surface area contributed by atoms with Gasteiger partial charge < -0.3 is 15.0 Å². The van der Waals surface area contributed by atoms with E-state index in [1.165, 1.54) is 10.6 Å². The Morgan fingerprint density at radius 1 is 1.19 bits per heavy atom. The average molecular weight is 370 g/mol.